The number of nitrogens with one attached hydrogen (secondary N) is 1. The van der Waals surface area contributed by atoms with Gasteiger partial charge in [0.15, 0.2) is 0 Å². The summed E-state index contributed by atoms with van der Waals surface area (Å²) in [6, 6.07) is 3.45. The Labute approximate surface area is 122 Å². The van der Waals surface area contributed by atoms with Crippen LogP contribution in [-0.2, 0) is 0 Å². The Kier molecular flexibility index (Phi) is 3.99. The summed E-state index contributed by atoms with van der Waals surface area (Å²) in [7, 11) is 0. The molecule has 1 aliphatic heterocycles. The molecule has 7 heteroatoms. The smallest absolute Gasteiger partial charge is 0.294 e. The summed E-state index contributed by atoms with van der Waals surface area (Å²) in [4.78, 5) is 30.4. The third kappa shape index (κ3) is 3.31. The van der Waals surface area contributed by atoms with Crippen molar-refractivity contribution >= 4 is 17.5 Å². The van der Waals surface area contributed by atoms with Crippen molar-refractivity contribution in [1.82, 2.24) is 19.9 Å². The quantitative estimate of drug-likeness (QED) is 0.919. The Hall–Kier alpha value is -2.57. The zero-order chi connectivity index (χ0) is 14.5. The molecule has 21 heavy (non-hydrogen) atoms. The molecule has 0 saturated carbocycles. The van der Waals surface area contributed by atoms with Gasteiger partial charge in [-0.25, -0.2) is 19.9 Å². The summed E-state index contributed by atoms with van der Waals surface area (Å²) in [6.45, 7) is 1.98. The van der Waals surface area contributed by atoms with Crippen LogP contribution in [0.4, 0.5) is 11.6 Å². The predicted molar refractivity (Wildman–Crippen MR) is 78.1 cm³/mol. The van der Waals surface area contributed by atoms with Gasteiger partial charge in [0.1, 0.15) is 18.0 Å². The molecular formula is C14H16N6O. The first-order chi connectivity index (χ1) is 10.3. The molecule has 3 heterocycles. The fourth-order valence-corrected chi connectivity index (χ4v) is 2.30. The molecule has 0 unspecified atom stereocenters. The van der Waals surface area contributed by atoms with Gasteiger partial charge in [0.25, 0.3) is 5.91 Å². The molecule has 108 valence electrons. The van der Waals surface area contributed by atoms with Crippen molar-refractivity contribution in [2.24, 2.45) is 0 Å². The lowest BCUT2D eigenvalue weighted by atomic mass is 10.1. The van der Waals surface area contributed by atoms with Gasteiger partial charge in [0.05, 0.1) is 0 Å². The van der Waals surface area contributed by atoms with Crippen LogP contribution in [0.5, 0.6) is 0 Å². The maximum Gasteiger partial charge on any atom is 0.294 e. The van der Waals surface area contributed by atoms with Crippen LogP contribution in [0.1, 0.15) is 29.9 Å². The average molecular weight is 284 g/mol. The molecule has 1 aliphatic rings. The van der Waals surface area contributed by atoms with Crippen molar-refractivity contribution in [3.8, 4) is 0 Å². The van der Waals surface area contributed by atoms with Crippen LogP contribution in [-0.4, -0.2) is 38.9 Å². The van der Waals surface area contributed by atoms with E-state index in [1.54, 1.807) is 12.1 Å². The van der Waals surface area contributed by atoms with Crippen LogP contribution in [0.15, 0.2) is 30.9 Å². The molecule has 0 aliphatic carbocycles. The van der Waals surface area contributed by atoms with Crippen molar-refractivity contribution < 1.29 is 4.79 Å². The summed E-state index contributed by atoms with van der Waals surface area (Å²) < 4.78 is 0. The maximum absolute atomic E-state index is 12.0. The molecule has 1 fully saturated rings. The second-order valence-corrected chi connectivity index (χ2v) is 4.84. The monoisotopic (exact) mass is 284 g/mol. The highest BCUT2D eigenvalue weighted by molar-refractivity contribution is 6.00. The highest BCUT2D eigenvalue weighted by atomic mass is 16.2. The van der Waals surface area contributed by atoms with Gasteiger partial charge in [0, 0.05) is 31.5 Å². The lowest BCUT2D eigenvalue weighted by Gasteiger charge is -2.27. The predicted octanol–water partition coefficient (Wildman–Crippen LogP) is 1.51. The summed E-state index contributed by atoms with van der Waals surface area (Å²) in [6.07, 6.45) is 8.12. The van der Waals surface area contributed by atoms with E-state index in [2.05, 4.69) is 30.2 Å². The Morgan fingerprint density at radius 3 is 2.57 bits per heavy atom. The number of carbonyl (C=O) groups is 1. The third-order valence-electron chi connectivity index (χ3n) is 3.34. The number of hydrogen-bond acceptors (Lipinski definition) is 6. The Morgan fingerprint density at radius 1 is 1.05 bits per heavy atom. The number of amides is 1. The Balaban J connectivity index is 1.72. The summed E-state index contributed by atoms with van der Waals surface area (Å²) in [5.74, 6) is 1.05. The Bertz CT molecular complexity index is 612. The van der Waals surface area contributed by atoms with Gasteiger partial charge in [-0.2, -0.15) is 0 Å². The SMILES string of the molecule is O=C(Nc1cc(N2CCCCC2)ncn1)c1ncccn1. The molecule has 0 spiro atoms. The minimum Gasteiger partial charge on any atom is -0.356 e. The number of carbonyl (C=O) groups excluding carboxylic acids is 1. The zero-order valence-electron chi connectivity index (χ0n) is 11.6. The van der Waals surface area contributed by atoms with Crippen LogP contribution < -0.4 is 10.2 Å². The third-order valence-corrected chi connectivity index (χ3v) is 3.34. The highest BCUT2D eigenvalue weighted by Crippen LogP contribution is 2.19. The van der Waals surface area contributed by atoms with E-state index in [1.165, 1.54) is 38.0 Å². The minimum absolute atomic E-state index is 0.121. The molecule has 3 rings (SSSR count). The van der Waals surface area contributed by atoms with Crippen molar-refractivity contribution in [2.75, 3.05) is 23.3 Å². The first kappa shape index (κ1) is 13.4. The molecule has 0 radical (unpaired) electrons. The van der Waals surface area contributed by atoms with E-state index in [4.69, 9.17) is 0 Å². The van der Waals surface area contributed by atoms with E-state index in [0.717, 1.165) is 18.9 Å². The van der Waals surface area contributed by atoms with Gasteiger partial charge in [-0.15, -0.1) is 0 Å². The van der Waals surface area contributed by atoms with Gasteiger partial charge >= 0.3 is 0 Å². The summed E-state index contributed by atoms with van der Waals surface area (Å²) in [5, 5.41) is 2.70. The number of piperidine rings is 1. The van der Waals surface area contributed by atoms with Crippen LogP contribution in [0.3, 0.4) is 0 Å². The molecule has 0 aromatic carbocycles. The first-order valence-corrected chi connectivity index (χ1v) is 6.98. The molecule has 0 bridgehead atoms. The van der Waals surface area contributed by atoms with Crippen LogP contribution in [0.25, 0.3) is 0 Å². The van der Waals surface area contributed by atoms with E-state index in [1.807, 2.05) is 0 Å². The Morgan fingerprint density at radius 2 is 1.81 bits per heavy atom. The fourth-order valence-electron chi connectivity index (χ4n) is 2.30. The van der Waals surface area contributed by atoms with Crippen LogP contribution >= 0.6 is 0 Å². The van der Waals surface area contributed by atoms with Gasteiger partial charge in [0.2, 0.25) is 5.82 Å². The van der Waals surface area contributed by atoms with Gasteiger partial charge in [-0.3, -0.25) is 4.79 Å². The van der Waals surface area contributed by atoms with Crippen molar-refractivity contribution in [2.45, 2.75) is 19.3 Å². The normalized spacial score (nSPS) is 14.8. The van der Waals surface area contributed by atoms with E-state index in [9.17, 15) is 4.79 Å². The standard InChI is InChI=1S/C14H16N6O/c21-14(13-15-5-4-6-16-13)19-11-9-12(18-10-17-11)20-7-2-1-3-8-20/h4-6,9-10H,1-3,7-8H2,(H,17,18,19,21). The van der Waals surface area contributed by atoms with Gasteiger partial charge in [-0.05, 0) is 25.3 Å². The maximum atomic E-state index is 12.0. The number of aromatic nitrogens is 4. The molecule has 1 N–H and O–H groups in total. The minimum atomic E-state index is -0.376. The van der Waals surface area contributed by atoms with E-state index < -0.39 is 0 Å². The van der Waals surface area contributed by atoms with Gasteiger partial charge < -0.3 is 10.2 Å². The van der Waals surface area contributed by atoms with Crippen LogP contribution in [0.2, 0.25) is 0 Å². The van der Waals surface area contributed by atoms with E-state index >= 15 is 0 Å². The van der Waals surface area contributed by atoms with Crippen molar-refractivity contribution in [3.63, 3.8) is 0 Å². The molecule has 2 aromatic heterocycles. The molecular weight excluding hydrogens is 268 g/mol. The lowest BCUT2D eigenvalue weighted by Crippen LogP contribution is -2.30. The summed E-state index contributed by atoms with van der Waals surface area (Å²) in [5.41, 5.74) is 0. The number of nitrogens with zero attached hydrogens (tertiary/aromatic N) is 5. The van der Waals surface area contributed by atoms with Crippen LogP contribution in [0, 0.1) is 0 Å². The summed E-state index contributed by atoms with van der Waals surface area (Å²) >= 11 is 0. The zero-order valence-corrected chi connectivity index (χ0v) is 11.6. The molecule has 7 nitrogen and oxygen atoms in total. The lowest BCUT2D eigenvalue weighted by molar-refractivity contribution is 0.101. The second-order valence-electron chi connectivity index (χ2n) is 4.84. The number of anilines is 2. The first-order valence-electron chi connectivity index (χ1n) is 6.98. The van der Waals surface area contributed by atoms with Crippen molar-refractivity contribution in [1.29, 1.82) is 0 Å². The van der Waals surface area contributed by atoms with E-state index in [-0.39, 0.29) is 11.7 Å². The van der Waals surface area contributed by atoms with Gasteiger partial charge in [-0.1, -0.05) is 0 Å². The molecule has 2 aromatic rings. The number of rotatable bonds is 3. The number of hydrogen-bond donors (Lipinski definition) is 1. The van der Waals surface area contributed by atoms with Crippen molar-refractivity contribution in [3.05, 3.63) is 36.7 Å². The van der Waals surface area contributed by atoms with E-state index in [0.29, 0.717) is 5.82 Å². The highest BCUT2D eigenvalue weighted by Gasteiger charge is 2.14. The average Bonchev–Trinajstić information content (AvgIpc) is 2.57. The molecule has 1 saturated heterocycles. The topological polar surface area (TPSA) is 83.9 Å². The molecule has 0 atom stereocenters. The largest absolute Gasteiger partial charge is 0.356 e. The molecule has 1 amide bonds. The second kappa shape index (κ2) is 6.25. The fraction of sp³-hybridized carbons (Fsp3) is 0.357.